The molecule has 26 heavy (non-hydrogen) atoms. The summed E-state index contributed by atoms with van der Waals surface area (Å²) >= 11 is 7.34. The van der Waals surface area contributed by atoms with Crippen LogP contribution in [-0.2, 0) is 0 Å². The molecule has 0 aliphatic carbocycles. The second kappa shape index (κ2) is 6.83. The topological polar surface area (TPSA) is 86.2 Å². The lowest BCUT2D eigenvalue weighted by molar-refractivity contribution is 0.235. The summed E-state index contributed by atoms with van der Waals surface area (Å²) in [6, 6.07) is 9.61. The van der Waals surface area contributed by atoms with Crippen LogP contribution in [0.5, 0.6) is 0 Å². The second-order valence-corrected chi connectivity index (χ2v) is 6.65. The summed E-state index contributed by atoms with van der Waals surface area (Å²) in [4.78, 5) is 17.2. The minimum atomic E-state index is -0.537. The molecular formula is C17H11ClFN5OS. The smallest absolute Gasteiger partial charge is 0.178 e. The van der Waals surface area contributed by atoms with Gasteiger partial charge in [0, 0.05) is 11.8 Å². The molecule has 3 aromatic heterocycles. The van der Waals surface area contributed by atoms with E-state index in [1.807, 2.05) is 17.5 Å². The summed E-state index contributed by atoms with van der Waals surface area (Å²) in [5, 5.41) is 11.5. The quantitative estimate of drug-likeness (QED) is 0.274. The molecule has 6 nitrogen and oxygen atoms in total. The average molecular weight is 388 g/mol. The summed E-state index contributed by atoms with van der Waals surface area (Å²) < 4.78 is 13.3. The molecule has 0 fully saturated rings. The number of aliphatic imine (C=N–C) groups is 1. The van der Waals surface area contributed by atoms with Crippen LogP contribution in [0, 0.1) is 5.82 Å². The van der Waals surface area contributed by atoms with E-state index in [4.69, 9.17) is 11.6 Å². The number of hydrogen-bond donors (Lipinski definition) is 3. The number of H-pyrrole nitrogens is 1. The summed E-state index contributed by atoms with van der Waals surface area (Å²) in [5.41, 5.74) is 4.13. The van der Waals surface area contributed by atoms with Crippen LogP contribution in [0.4, 0.5) is 10.1 Å². The molecule has 1 aromatic carbocycles. The molecule has 0 aliphatic heterocycles. The summed E-state index contributed by atoms with van der Waals surface area (Å²) in [7, 11) is 0. The van der Waals surface area contributed by atoms with Gasteiger partial charge in [0.2, 0.25) is 0 Å². The van der Waals surface area contributed by atoms with Crippen LogP contribution >= 0.6 is 22.9 Å². The van der Waals surface area contributed by atoms with Crippen LogP contribution in [0.3, 0.4) is 0 Å². The lowest BCUT2D eigenvalue weighted by Crippen LogP contribution is -2.20. The number of fused-ring (bicyclic) bond motifs is 1. The summed E-state index contributed by atoms with van der Waals surface area (Å²) in [6.45, 7) is 0. The van der Waals surface area contributed by atoms with Crippen molar-refractivity contribution in [2.24, 2.45) is 4.99 Å². The minimum absolute atomic E-state index is 0.0510. The van der Waals surface area contributed by atoms with Crippen molar-refractivity contribution in [3.8, 4) is 10.7 Å². The predicted molar refractivity (Wildman–Crippen MR) is 99.7 cm³/mol. The van der Waals surface area contributed by atoms with Gasteiger partial charge in [-0.25, -0.2) is 19.4 Å². The number of nitrogens with zero attached hydrogens (tertiary/aromatic N) is 3. The Kier molecular flexibility index (Phi) is 4.37. The maximum absolute atomic E-state index is 13.3. The third kappa shape index (κ3) is 3.05. The van der Waals surface area contributed by atoms with E-state index in [0.29, 0.717) is 28.2 Å². The Hall–Kier alpha value is -2.81. The molecule has 0 amide bonds. The minimum Gasteiger partial charge on any atom is -0.335 e. The zero-order chi connectivity index (χ0) is 18.1. The number of amidine groups is 1. The van der Waals surface area contributed by atoms with Gasteiger partial charge in [-0.2, -0.15) is 0 Å². The standard InChI is InChI=1S/C17H11ClFN5OS/c18-11-8-9(3-4-12(11)19)21-15(24-25)10-5-6-20-17-14(10)22-16(23-17)13-2-1-7-26-13/h1-8,25H,(H,21,24)(H,20,22,23). The van der Waals surface area contributed by atoms with E-state index in [1.54, 1.807) is 23.6 Å². The van der Waals surface area contributed by atoms with Crippen molar-refractivity contribution in [1.82, 2.24) is 20.4 Å². The molecule has 0 unspecified atom stereocenters. The lowest BCUT2D eigenvalue weighted by atomic mass is 10.2. The Balaban J connectivity index is 1.83. The second-order valence-electron chi connectivity index (χ2n) is 5.29. The fraction of sp³-hybridized carbons (Fsp3) is 0. The van der Waals surface area contributed by atoms with Gasteiger partial charge in [-0.1, -0.05) is 17.7 Å². The maximum Gasteiger partial charge on any atom is 0.178 e. The largest absolute Gasteiger partial charge is 0.335 e. The van der Waals surface area contributed by atoms with E-state index in [0.717, 1.165) is 4.88 Å². The molecule has 130 valence electrons. The van der Waals surface area contributed by atoms with Crippen molar-refractivity contribution in [2.45, 2.75) is 0 Å². The van der Waals surface area contributed by atoms with Crippen molar-refractivity contribution >= 4 is 45.6 Å². The molecule has 0 saturated heterocycles. The lowest BCUT2D eigenvalue weighted by Gasteiger charge is -2.06. The number of nitrogens with one attached hydrogen (secondary N) is 2. The number of thiophene rings is 1. The Bertz CT molecular complexity index is 1110. The monoisotopic (exact) mass is 387 g/mol. The molecule has 0 bridgehead atoms. The van der Waals surface area contributed by atoms with E-state index in [9.17, 15) is 9.60 Å². The maximum atomic E-state index is 13.3. The molecule has 3 N–H and O–H groups in total. The normalized spacial score (nSPS) is 11.9. The highest BCUT2D eigenvalue weighted by atomic mass is 35.5. The molecular weight excluding hydrogens is 377 g/mol. The number of pyridine rings is 1. The molecule has 0 spiro atoms. The molecule has 0 aliphatic rings. The van der Waals surface area contributed by atoms with Gasteiger partial charge in [0.15, 0.2) is 17.3 Å². The van der Waals surface area contributed by atoms with E-state index in [-0.39, 0.29) is 10.9 Å². The Labute approximate surface area is 156 Å². The number of rotatable bonds is 3. The zero-order valence-electron chi connectivity index (χ0n) is 13.1. The number of aromatic amines is 1. The molecule has 0 radical (unpaired) electrons. The van der Waals surface area contributed by atoms with Gasteiger partial charge in [-0.05, 0) is 35.7 Å². The average Bonchev–Trinajstić information content (AvgIpc) is 3.31. The number of aromatic nitrogens is 3. The van der Waals surface area contributed by atoms with Crippen molar-refractivity contribution in [1.29, 1.82) is 0 Å². The Morgan fingerprint density at radius 2 is 2.19 bits per heavy atom. The van der Waals surface area contributed by atoms with E-state index in [1.165, 1.54) is 18.2 Å². The first kappa shape index (κ1) is 16.6. The SMILES string of the molecule is ONC(=Nc1ccc(F)c(Cl)c1)c1ccnc2nc(-c3cccs3)[nH]c12. The van der Waals surface area contributed by atoms with Gasteiger partial charge >= 0.3 is 0 Å². The number of benzene rings is 1. The fourth-order valence-electron chi connectivity index (χ4n) is 2.47. The van der Waals surface area contributed by atoms with E-state index in [2.05, 4.69) is 25.4 Å². The third-order valence-electron chi connectivity index (χ3n) is 3.65. The Morgan fingerprint density at radius 1 is 1.31 bits per heavy atom. The number of hydroxylamine groups is 1. The molecule has 0 saturated carbocycles. The highest BCUT2D eigenvalue weighted by Crippen LogP contribution is 2.26. The Morgan fingerprint density at radius 3 is 2.92 bits per heavy atom. The number of hydrogen-bond acceptors (Lipinski definition) is 5. The van der Waals surface area contributed by atoms with Crippen molar-refractivity contribution in [2.75, 3.05) is 0 Å². The van der Waals surface area contributed by atoms with Gasteiger partial charge in [-0.15, -0.1) is 11.3 Å². The molecule has 9 heteroatoms. The first-order chi connectivity index (χ1) is 12.7. The number of halogens is 2. The van der Waals surface area contributed by atoms with Gasteiger partial charge in [0.05, 0.1) is 21.1 Å². The predicted octanol–water partition coefficient (Wildman–Crippen LogP) is 4.54. The molecule has 4 aromatic rings. The molecule has 0 atom stereocenters. The van der Waals surface area contributed by atoms with E-state index >= 15 is 0 Å². The molecule has 4 rings (SSSR count). The highest BCUT2D eigenvalue weighted by Gasteiger charge is 2.14. The first-order valence-corrected chi connectivity index (χ1v) is 8.74. The fourth-order valence-corrected chi connectivity index (χ4v) is 3.31. The van der Waals surface area contributed by atoms with Crippen molar-refractivity contribution in [3.05, 3.63) is 64.4 Å². The van der Waals surface area contributed by atoms with Crippen molar-refractivity contribution in [3.63, 3.8) is 0 Å². The van der Waals surface area contributed by atoms with Crippen LogP contribution in [0.15, 0.2) is 53.0 Å². The van der Waals surface area contributed by atoms with Crippen LogP contribution in [0.1, 0.15) is 5.56 Å². The zero-order valence-corrected chi connectivity index (χ0v) is 14.6. The van der Waals surface area contributed by atoms with Crippen LogP contribution in [-0.4, -0.2) is 26.0 Å². The third-order valence-corrected chi connectivity index (χ3v) is 4.82. The summed E-state index contributed by atoms with van der Waals surface area (Å²) in [6.07, 6.45) is 1.57. The molecule has 3 heterocycles. The summed E-state index contributed by atoms with van der Waals surface area (Å²) in [5.74, 6) is 0.295. The van der Waals surface area contributed by atoms with Gasteiger partial charge in [0.25, 0.3) is 0 Å². The van der Waals surface area contributed by atoms with Gasteiger partial charge in [0.1, 0.15) is 5.82 Å². The van der Waals surface area contributed by atoms with Crippen molar-refractivity contribution < 1.29 is 9.60 Å². The van der Waals surface area contributed by atoms with E-state index < -0.39 is 5.82 Å². The van der Waals surface area contributed by atoms with Crippen LogP contribution in [0.25, 0.3) is 21.9 Å². The van der Waals surface area contributed by atoms with Gasteiger partial charge < -0.3 is 4.98 Å². The first-order valence-electron chi connectivity index (χ1n) is 7.48. The van der Waals surface area contributed by atoms with Gasteiger partial charge in [-0.3, -0.25) is 10.7 Å². The van der Waals surface area contributed by atoms with Crippen LogP contribution < -0.4 is 5.48 Å². The van der Waals surface area contributed by atoms with Crippen LogP contribution in [0.2, 0.25) is 5.02 Å². The highest BCUT2D eigenvalue weighted by molar-refractivity contribution is 7.13. The number of imidazole rings is 1.